The first-order valence-corrected chi connectivity index (χ1v) is 8.48. The van der Waals surface area contributed by atoms with Gasteiger partial charge >= 0.3 is 0 Å². The molecule has 0 spiro atoms. The molecule has 3 heteroatoms. The topological polar surface area (TPSA) is 33.0 Å². The Kier molecular flexibility index (Phi) is 6.79. The Morgan fingerprint density at radius 3 is 2.35 bits per heavy atom. The van der Waals surface area contributed by atoms with Crippen LogP contribution >= 0.6 is 0 Å². The summed E-state index contributed by atoms with van der Waals surface area (Å²) < 4.78 is 1.93. The number of carbonyl (C=O) groups is 1. The molecule has 1 atom stereocenters. The summed E-state index contributed by atoms with van der Waals surface area (Å²) in [6.07, 6.45) is 8.14. The van der Waals surface area contributed by atoms with Crippen molar-refractivity contribution in [1.82, 2.24) is 5.32 Å². The van der Waals surface area contributed by atoms with E-state index in [-0.39, 0.29) is 11.9 Å². The Morgan fingerprint density at radius 2 is 1.70 bits per heavy atom. The molecule has 1 aromatic carbocycles. The number of benzene rings is 1. The monoisotopic (exact) mass is 311 g/mol. The molecule has 1 heterocycles. The highest BCUT2D eigenvalue weighted by Gasteiger charge is 2.12. The average molecular weight is 311 g/mol. The van der Waals surface area contributed by atoms with E-state index >= 15 is 0 Å². The Hall–Kier alpha value is -2.16. The van der Waals surface area contributed by atoms with Crippen molar-refractivity contribution < 1.29 is 9.36 Å². The maximum Gasteiger partial charge on any atom is 0.286 e. The fraction of sp³-hybridized carbons (Fsp3) is 0.400. The second-order valence-corrected chi connectivity index (χ2v) is 6.12. The summed E-state index contributed by atoms with van der Waals surface area (Å²) in [5, 5.41) is 3.08. The van der Waals surface area contributed by atoms with Crippen LogP contribution in [-0.4, -0.2) is 11.9 Å². The molecule has 0 bridgehead atoms. The molecular formula is C20H27N2O+. The molecular weight excluding hydrogens is 284 g/mol. The predicted octanol–water partition coefficient (Wildman–Crippen LogP) is 3.06. The Bertz CT molecular complexity index is 593. The minimum absolute atomic E-state index is 0.0683. The number of amides is 1. The number of nitrogens with zero attached hydrogens (tertiary/aromatic N) is 1. The second kappa shape index (κ2) is 9.09. The summed E-state index contributed by atoms with van der Waals surface area (Å²) in [6, 6.07) is 14.8. The lowest BCUT2D eigenvalue weighted by Crippen LogP contribution is -2.45. The average Bonchev–Trinajstić information content (AvgIpc) is 2.56. The molecule has 122 valence electrons. The summed E-state index contributed by atoms with van der Waals surface area (Å²) in [7, 11) is 0. The van der Waals surface area contributed by atoms with Crippen molar-refractivity contribution in [1.29, 1.82) is 0 Å². The molecule has 0 saturated heterocycles. The molecule has 0 unspecified atom stereocenters. The van der Waals surface area contributed by atoms with Crippen molar-refractivity contribution in [3.05, 3.63) is 66.0 Å². The zero-order valence-electron chi connectivity index (χ0n) is 14.2. The van der Waals surface area contributed by atoms with E-state index in [4.69, 9.17) is 0 Å². The van der Waals surface area contributed by atoms with Crippen LogP contribution in [0, 0.1) is 0 Å². The quantitative estimate of drug-likeness (QED) is 0.747. The van der Waals surface area contributed by atoms with E-state index in [1.165, 1.54) is 11.1 Å². The van der Waals surface area contributed by atoms with Crippen molar-refractivity contribution in [2.75, 3.05) is 0 Å². The Morgan fingerprint density at radius 1 is 1.04 bits per heavy atom. The van der Waals surface area contributed by atoms with Crippen molar-refractivity contribution >= 4 is 5.91 Å². The third-order valence-corrected chi connectivity index (χ3v) is 3.94. The van der Waals surface area contributed by atoms with Crippen LogP contribution in [0.15, 0.2) is 54.9 Å². The first kappa shape index (κ1) is 17.2. The molecule has 0 aliphatic heterocycles. The Labute approximate surface area is 139 Å². The second-order valence-electron chi connectivity index (χ2n) is 6.12. The minimum atomic E-state index is 0.0683. The smallest absolute Gasteiger partial charge is 0.286 e. The molecule has 1 aromatic heterocycles. The number of aryl methyl sites for hydroxylation is 2. The number of nitrogens with one attached hydrogen (secondary N) is 1. The van der Waals surface area contributed by atoms with Gasteiger partial charge in [-0.15, -0.1) is 0 Å². The zero-order chi connectivity index (χ0) is 16.5. The maximum absolute atomic E-state index is 12.1. The highest BCUT2D eigenvalue weighted by molar-refractivity contribution is 5.74. The molecule has 2 aromatic rings. The van der Waals surface area contributed by atoms with Crippen LogP contribution in [0.3, 0.4) is 0 Å². The number of rotatable bonds is 8. The molecule has 1 N–H and O–H groups in total. The van der Waals surface area contributed by atoms with Gasteiger partial charge in [0.15, 0.2) is 12.4 Å². The predicted molar refractivity (Wildman–Crippen MR) is 93.0 cm³/mol. The van der Waals surface area contributed by atoms with Gasteiger partial charge in [0, 0.05) is 18.2 Å². The van der Waals surface area contributed by atoms with Gasteiger partial charge in [-0.05, 0) is 37.3 Å². The van der Waals surface area contributed by atoms with Crippen molar-refractivity contribution in [3.8, 4) is 0 Å². The van der Waals surface area contributed by atoms with Gasteiger partial charge in [0.05, 0.1) is 0 Å². The summed E-state index contributed by atoms with van der Waals surface area (Å²) >= 11 is 0. The summed E-state index contributed by atoms with van der Waals surface area (Å²) in [5.74, 6) is 0.0683. The van der Waals surface area contributed by atoms with Crippen LogP contribution in [0.2, 0.25) is 0 Å². The number of carbonyl (C=O) groups excluding carboxylic acids is 1. The van der Waals surface area contributed by atoms with Gasteiger partial charge in [-0.1, -0.05) is 43.7 Å². The van der Waals surface area contributed by atoms with Crippen molar-refractivity contribution in [3.63, 3.8) is 0 Å². The van der Waals surface area contributed by atoms with Gasteiger partial charge < -0.3 is 5.32 Å². The van der Waals surface area contributed by atoms with E-state index in [1.54, 1.807) is 0 Å². The standard InChI is InChI=1S/C20H26N2O/c1-3-7-18-12-14-22(15-13-18)16-20(23)21-17(2)10-11-19-8-5-4-6-9-19/h4-6,8-9,12-15,17H,3,7,10-11,16H2,1-2H3/p+1/t17-/m0/s1. The van der Waals surface area contributed by atoms with E-state index in [2.05, 4.69) is 55.6 Å². The lowest BCUT2D eigenvalue weighted by Gasteiger charge is -2.12. The summed E-state index contributed by atoms with van der Waals surface area (Å²) in [4.78, 5) is 12.1. The van der Waals surface area contributed by atoms with Gasteiger partial charge in [0.1, 0.15) is 0 Å². The van der Waals surface area contributed by atoms with E-state index < -0.39 is 0 Å². The fourth-order valence-corrected chi connectivity index (χ4v) is 2.64. The van der Waals surface area contributed by atoms with Gasteiger partial charge in [-0.2, -0.15) is 4.57 Å². The third kappa shape index (κ3) is 6.23. The normalized spacial score (nSPS) is 11.9. The van der Waals surface area contributed by atoms with Crippen LogP contribution in [-0.2, 0) is 24.2 Å². The van der Waals surface area contributed by atoms with E-state index in [9.17, 15) is 4.79 Å². The van der Waals surface area contributed by atoms with Crippen LogP contribution in [0.1, 0.15) is 37.8 Å². The third-order valence-electron chi connectivity index (χ3n) is 3.94. The highest BCUT2D eigenvalue weighted by atomic mass is 16.2. The maximum atomic E-state index is 12.1. The molecule has 0 aliphatic carbocycles. The number of hydrogen-bond donors (Lipinski definition) is 1. The summed E-state index contributed by atoms with van der Waals surface area (Å²) in [5.41, 5.74) is 2.63. The van der Waals surface area contributed by atoms with Gasteiger partial charge in [-0.25, -0.2) is 0 Å². The van der Waals surface area contributed by atoms with Gasteiger partial charge in [-0.3, -0.25) is 4.79 Å². The van der Waals surface area contributed by atoms with E-state index in [1.807, 2.05) is 23.0 Å². The van der Waals surface area contributed by atoms with Crippen LogP contribution in [0.5, 0.6) is 0 Å². The number of aromatic nitrogens is 1. The summed E-state index contributed by atoms with van der Waals surface area (Å²) in [6.45, 7) is 4.61. The lowest BCUT2D eigenvalue weighted by atomic mass is 10.1. The first-order valence-electron chi connectivity index (χ1n) is 8.48. The number of pyridine rings is 1. The molecule has 3 nitrogen and oxygen atoms in total. The van der Waals surface area contributed by atoms with Crippen LogP contribution in [0.25, 0.3) is 0 Å². The van der Waals surface area contributed by atoms with Crippen LogP contribution < -0.4 is 9.88 Å². The zero-order valence-corrected chi connectivity index (χ0v) is 14.2. The first-order chi connectivity index (χ1) is 11.2. The SMILES string of the molecule is CCCc1cc[n+](CC(=O)N[C@@H](C)CCc2ccccc2)cc1. The fourth-order valence-electron chi connectivity index (χ4n) is 2.64. The van der Waals surface area contributed by atoms with Crippen molar-refractivity contribution in [2.45, 2.75) is 52.1 Å². The van der Waals surface area contributed by atoms with Gasteiger partial charge in [0.2, 0.25) is 6.54 Å². The molecule has 0 aliphatic rings. The van der Waals surface area contributed by atoms with Crippen LogP contribution in [0.4, 0.5) is 0 Å². The van der Waals surface area contributed by atoms with Crippen molar-refractivity contribution in [2.24, 2.45) is 0 Å². The largest absolute Gasteiger partial charge is 0.348 e. The minimum Gasteiger partial charge on any atom is -0.348 e. The van der Waals surface area contributed by atoms with Gasteiger partial charge in [0.25, 0.3) is 5.91 Å². The molecule has 0 radical (unpaired) electrons. The molecule has 23 heavy (non-hydrogen) atoms. The molecule has 0 fully saturated rings. The lowest BCUT2D eigenvalue weighted by molar-refractivity contribution is -0.684. The molecule has 0 saturated carbocycles. The molecule has 1 amide bonds. The van der Waals surface area contributed by atoms with E-state index in [0.29, 0.717) is 6.54 Å². The Balaban J connectivity index is 1.75. The highest BCUT2D eigenvalue weighted by Crippen LogP contribution is 2.04. The van der Waals surface area contributed by atoms with E-state index in [0.717, 1.165) is 25.7 Å². The number of hydrogen-bond acceptors (Lipinski definition) is 1. The molecule has 2 rings (SSSR count).